The number of aromatic nitrogens is 2. The molecule has 0 fully saturated rings. The number of carbonyl (C=O) groups is 1. The van der Waals surface area contributed by atoms with Gasteiger partial charge in [0.1, 0.15) is 17.2 Å². The molecule has 0 bridgehead atoms. The Morgan fingerprint density at radius 2 is 2.16 bits per heavy atom. The fourth-order valence-electron chi connectivity index (χ4n) is 1.17. The minimum atomic E-state index is -4.46. The monoisotopic (exact) mass is 298 g/mol. The summed E-state index contributed by atoms with van der Waals surface area (Å²) in [7, 11) is 0. The second-order valence-electron chi connectivity index (χ2n) is 3.38. The van der Waals surface area contributed by atoms with Crippen LogP contribution in [-0.2, 0) is 4.74 Å². The zero-order valence-electron chi connectivity index (χ0n) is 9.58. The van der Waals surface area contributed by atoms with E-state index in [0.717, 1.165) is 0 Å². The standard InChI is InChI=1S/C9H9F3N2O4S/c1-4-5(7(15)16)6(14-8(17)13-4)19-3-18-2-9(10,11)12/h2-3H2,1H3,(H,15,16)(H,13,14,17). The van der Waals surface area contributed by atoms with Crippen LogP contribution in [0, 0.1) is 6.92 Å². The van der Waals surface area contributed by atoms with Gasteiger partial charge < -0.3 is 14.8 Å². The minimum absolute atomic E-state index is 0.0748. The van der Waals surface area contributed by atoms with Gasteiger partial charge in [0.25, 0.3) is 0 Å². The largest absolute Gasteiger partial charge is 0.478 e. The first-order chi connectivity index (χ1) is 8.70. The molecule has 0 saturated heterocycles. The SMILES string of the molecule is Cc1[nH]c(=O)nc(SCOCC(F)(F)F)c1C(=O)O. The number of nitrogens with zero attached hydrogens (tertiary/aromatic N) is 1. The van der Waals surface area contributed by atoms with Gasteiger partial charge in [-0.15, -0.1) is 0 Å². The Kier molecular flexibility index (Phi) is 4.95. The molecule has 1 heterocycles. The molecule has 0 unspecified atom stereocenters. The number of hydrogen-bond acceptors (Lipinski definition) is 5. The summed E-state index contributed by atoms with van der Waals surface area (Å²) >= 11 is 0.610. The van der Waals surface area contributed by atoms with Crippen molar-refractivity contribution in [2.75, 3.05) is 12.5 Å². The maximum absolute atomic E-state index is 11.8. The van der Waals surface area contributed by atoms with Crippen LogP contribution in [0.4, 0.5) is 13.2 Å². The molecule has 1 aromatic heterocycles. The Labute approximate surface area is 109 Å². The lowest BCUT2D eigenvalue weighted by Crippen LogP contribution is -2.19. The highest BCUT2D eigenvalue weighted by Gasteiger charge is 2.27. The predicted molar refractivity (Wildman–Crippen MR) is 59.3 cm³/mol. The number of aromatic carboxylic acids is 1. The molecule has 0 amide bonds. The van der Waals surface area contributed by atoms with Gasteiger partial charge in [-0.05, 0) is 6.92 Å². The third kappa shape index (κ3) is 4.91. The maximum Gasteiger partial charge on any atom is 0.411 e. The lowest BCUT2D eigenvalue weighted by Gasteiger charge is -2.09. The first kappa shape index (κ1) is 15.5. The molecule has 0 atom stereocenters. The second kappa shape index (κ2) is 6.06. The zero-order valence-corrected chi connectivity index (χ0v) is 10.4. The van der Waals surface area contributed by atoms with Gasteiger partial charge in [-0.25, -0.2) is 9.59 Å². The molecule has 0 aliphatic heterocycles. The van der Waals surface area contributed by atoms with Crippen LogP contribution < -0.4 is 5.69 Å². The van der Waals surface area contributed by atoms with E-state index >= 15 is 0 Å². The zero-order chi connectivity index (χ0) is 14.6. The molecular formula is C9H9F3N2O4S. The van der Waals surface area contributed by atoms with Crippen LogP contribution in [0.15, 0.2) is 9.82 Å². The summed E-state index contributed by atoms with van der Waals surface area (Å²) in [6, 6.07) is 0. The maximum atomic E-state index is 11.8. The molecule has 0 aliphatic carbocycles. The number of rotatable bonds is 5. The average Bonchev–Trinajstić information content (AvgIpc) is 2.21. The van der Waals surface area contributed by atoms with Crippen LogP contribution in [0.3, 0.4) is 0 Å². The van der Waals surface area contributed by atoms with Crippen molar-refractivity contribution in [3.05, 3.63) is 21.7 Å². The Balaban J connectivity index is 2.78. The molecule has 0 radical (unpaired) electrons. The third-order valence-electron chi connectivity index (χ3n) is 1.84. The Morgan fingerprint density at radius 3 is 2.68 bits per heavy atom. The summed E-state index contributed by atoms with van der Waals surface area (Å²) in [6.45, 7) is -0.0995. The van der Waals surface area contributed by atoms with E-state index in [1.165, 1.54) is 6.92 Å². The Bertz CT molecular complexity index is 529. The van der Waals surface area contributed by atoms with Crippen molar-refractivity contribution in [3.63, 3.8) is 0 Å². The van der Waals surface area contributed by atoms with E-state index in [1.54, 1.807) is 0 Å². The van der Waals surface area contributed by atoms with Gasteiger partial charge in [0, 0.05) is 5.69 Å². The lowest BCUT2D eigenvalue weighted by molar-refractivity contribution is -0.168. The van der Waals surface area contributed by atoms with Crippen LogP contribution in [0.5, 0.6) is 0 Å². The molecule has 2 N–H and O–H groups in total. The smallest absolute Gasteiger partial charge is 0.411 e. The van der Waals surface area contributed by atoms with Crippen LogP contribution in [0.2, 0.25) is 0 Å². The van der Waals surface area contributed by atoms with Crippen LogP contribution in [0.25, 0.3) is 0 Å². The summed E-state index contributed by atoms with van der Waals surface area (Å²) < 4.78 is 39.8. The molecule has 19 heavy (non-hydrogen) atoms. The van der Waals surface area contributed by atoms with Gasteiger partial charge in [0.15, 0.2) is 0 Å². The number of halogens is 3. The first-order valence-electron chi connectivity index (χ1n) is 4.82. The fraction of sp³-hybridized carbons (Fsp3) is 0.444. The second-order valence-corrected chi connectivity index (χ2v) is 4.29. The van der Waals surface area contributed by atoms with Crippen LogP contribution in [0.1, 0.15) is 16.1 Å². The number of carboxylic acids is 1. The molecule has 0 spiro atoms. The topological polar surface area (TPSA) is 92.3 Å². The molecular weight excluding hydrogens is 289 g/mol. The molecule has 1 aromatic rings. The molecule has 0 aliphatic rings. The van der Waals surface area contributed by atoms with Gasteiger partial charge in [-0.3, -0.25) is 0 Å². The summed E-state index contributed by atoms with van der Waals surface area (Å²) in [4.78, 5) is 27.6. The van der Waals surface area contributed by atoms with Crippen molar-refractivity contribution in [2.45, 2.75) is 18.1 Å². The number of aryl methyl sites for hydroxylation is 1. The number of alkyl halides is 3. The number of hydrogen-bond donors (Lipinski definition) is 2. The van der Waals surface area contributed by atoms with Gasteiger partial charge in [-0.1, -0.05) is 11.8 Å². The van der Waals surface area contributed by atoms with Crippen LogP contribution >= 0.6 is 11.8 Å². The number of aromatic amines is 1. The van der Waals surface area contributed by atoms with E-state index < -0.39 is 30.4 Å². The normalized spacial score (nSPS) is 11.6. The van der Waals surface area contributed by atoms with Crippen molar-refractivity contribution in [3.8, 4) is 0 Å². The van der Waals surface area contributed by atoms with Gasteiger partial charge >= 0.3 is 17.8 Å². The Hall–Kier alpha value is -1.55. The van der Waals surface area contributed by atoms with Crippen molar-refractivity contribution >= 4 is 17.7 Å². The van der Waals surface area contributed by atoms with E-state index in [9.17, 15) is 22.8 Å². The number of nitrogens with one attached hydrogen (secondary N) is 1. The molecule has 1 rings (SSSR count). The molecule has 106 valence electrons. The summed E-state index contributed by atoms with van der Waals surface area (Å²) in [5, 5.41) is 8.74. The van der Waals surface area contributed by atoms with Crippen molar-refractivity contribution in [1.29, 1.82) is 0 Å². The van der Waals surface area contributed by atoms with Gasteiger partial charge in [-0.2, -0.15) is 18.2 Å². The van der Waals surface area contributed by atoms with Gasteiger partial charge in [0.2, 0.25) is 0 Å². The number of carboxylic acid groups (broad SMARTS) is 1. The quantitative estimate of drug-likeness (QED) is 0.369. The molecule has 0 aromatic carbocycles. The summed E-state index contributed by atoms with van der Waals surface area (Å²) in [5.74, 6) is -1.80. The van der Waals surface area contributed by atoms with E-state index in [4.69, 9.17) is 5.11 Å². The van der Waals surface area contributed by atoms with E-state index in [1.807, 2.05) is 0 Å². The van der Waals surface area contributed by atoms with Crippen molar-refractivity contribution < 1.29 is 27.8 Å². The van der Waals surface area contributed by atoms with E-state index in [-0.39, 0.29) is 16.3 Å². The minimum Gasteiger partial charge on any atom is -0.478 e. The highest BCUT2D eigenvalue weighted by Crippen LogP contribution is 2.22. The lowest BCUT2D eigenvalue weighted by atomic mass is 10.2. The number of ether oxygens (including phenoxy) is 1. The third-order valence-corrected chi connectivity index (χ3v) is 2.70. The number of H-pyrrole nitrogens is 1. The van der Waals surface area contributed by atoms with Crippen molar-refractivity contribution in [2.24, 2.45) is 0 Å². The molecule has 0 saturated carbocycles. The molecule has 10 heteroatoms. The average molecular weight is 298 g/mol. The van der Waals surface area contributed by atoms with E-state index in [0.29, 0.717) is 11.8 Å². The first-order valence-corrected chi connectivity index (χ1v) is 5.81. The Morgan fingerprint density at radius 1 is 1.53 bits per heavy atom. The fourth-order valence-corrected chi connectivity index (χ4v) is 1.98. The van der Waals surface area contributed by atoms with Crippen molar-refractivity contribution in [1.82, 2.24) is 9.97 Å². The van der Waals surface area contributed by atoms with E-state index in [2.05, 4.69) is 14.7 Å². The van der Waals surface area contributed by atoms with Gasteiger partial charge in [0.05, 0.1) is 5.94 Å². The highest BCUT2D eigenvalue weighted by molar-refractivity contribution is 7.99. The number of thioether (sulfide) groups is 1. The predicted octanol–water partition coefficient (Wildman–Crippen LogP) is 1.41. The summed E-state index contributed by atoms with van der Waals surface area (Å²) in [5.41, 5.74) is -0.966. The molecule has 6 nitrogen and oxygen atoms in total. The van der Waals surface area contributed by atoms with Crippen LogP contribution in [-0.4, -0.2) is 39.8 Å². The summed E-state index contributed by atoms with van der Waals surface area (Å²) in [6.07, 6.45) is -4.46. The highest BCUT2D eigenvalue weighted by atomic mass is 32.2.